The molecule has 0 spiro atoms. The predicted molar refractivity (Wildman–Crippen MR) is 82.2 cm³/mol. The van der Waals surface area contributed by atoms with Crippen molar-refractivity contribution in [2.24, 2.45) is 0 Å². The summed E-state index contributed by atoms with van der Waals surface area (Å²) in [5.41, 5.74) is 0.423. The lowest BCUT2D eigenvalue weighted by atomic mass is 10.1. The molecule has 118 valence electrons. The first-order valence-electron chi connectivity index (χ1n) is 6.85. The summed E-state index contributed by atoms with van der Waals surface area (Å²) in [6.07, 6.45) is 1.19. The fraction of sp³-hybridized carbons (Fsp3) is 0. The lowest BCUT2D eigenvalue weighted by Gasteiger charge is -2.11. The van der Waals surface area contributed by atoms with Crippen molar-refractivity contribution in [3.05, 3.63) is 64.7 Å². The van der Waals surface area contributed by atoms with Crippen LogP contribution in [0, 0.1) is 0 Å². The first-order valence-corrected chi connectivity index (χ1v) is 7.73. The second-order valence-corrected chi connectivity index (χ2v) is 5.82. The lowest BCUT2D eigenvalue weighted by molar-refractivity contribution is -0.0584. The van der Waals surface area contributed by atoms with Gasteiger partial charge in [0.25, 0.3) is 11.8 Å². The number of thiophene rings is 1. The van der Waals surface area contributed by atoms with Crippen molar-refractivity contribution in [3.8, 4) is 10.6 Å². The van der Waals surface area contributed by atoms with E-state index in [1.165, 1.54) is 29.7 Å². The summed E-state index contributed by atoms with van der Waals surface area (Å²) in [6, 6.07) is 9.81. The van der Waals surface area contributed by atoms with Gasteiger partial charge in [0.2, 0.25) is 0 Å². The van der Waals surface area contributed by atoms with E-state index in [1.807, 2.05) is 5.38 Å². The number of carbonyl (C=O) groups is 3. The number of hydrogen-bond acceptors (Lipinski definition) is 7. The quantitative estimate of drug-likeness (QED) is 0.681. The summed E-state index contributed by atoms with van der Waals surface area (Å²) in [5.74, 6) is -2.03. The van der Waals surface area contributed by atoms with E-state index in [1.54, 1.807) is 24.3 Å². The molecule has 2 amide bonds. The Morgan fingerprint density at radius 3 is 2.42 bits per heavy atom. The molecule has 7 nitrogen and oxygen atoms in total. The molecule has 24 heavy (non-hydrogen) atoms. The average Bonchev–Trinajstić information content (AvgIpc) is 3.31. The van der Waals surface area contributed by atoms with E-state index in [0.29, 0.717) is 9.94 Å². The average molecular weight is 340 g/mol. The maximum atomic E-state index is 12.4. The smallest absolute Gasteiger partial charge is 0.354 e. The van der Waals surface area contributed by atoms with Gasteiger partial charge in [-0.05, 0) is 23.6 Å². The van der Waals surface area contributed by atoms with Crippen LogP contribution in [0.4, 0.5) is 0 Å². The van der Waals surface area contributed by atoms with Crippen LogP contribution in [0.25, 0.3) is 10.6 Å². The van der Waals surface area contributed by atoms with Crippen molar-refractivity contribution < 1.29 is 23.7 Å². The number of rotatable bonds is 3. The van der Waals surface area contributed by atoms with Crippen LogP contribution < -0.4 is 0 Å². The van der Waals surface area contributed by atoms with Crippen molar-refractivity contribution in [1.82, 2.24) is 10.2 Å². The summed E-state index contributed by atoms with van der Waals surface area (Å²) in [5, 5.41) is 5.87. The highest BCUT2D eigenvalue weighted by Crippen LogP contribution is 2.29. The van der Waals surface area contributed by atoms with E-state index in [4.69, 9.17) is 9.36 Å². The van der Waals surface area contributed by atoms with Gasteiger partial charge in [0, 0.05) is 0 Å². The molecule has 0 radical (unpaired) electrons. The number of carbonyl (C=O) groups excluding carboxylic acids is 3. The molecule has 1 aliphatic rings. The highest BCUT2D eigenvalue weighted by Gasteiger charge is 2.39. The van der Waals surface area contributed by atoms with Crippen LogP contribution in [0.5, 0.6) is 0 Å². The molecule has 0 aliphatic carbocycles. The van der Waals surface area contributed by atoms with Crippen LogP contribution in [-0.4, -0.2) is 28.0 Å². The summed E-state index contributed by atoms with van der Waals surface area (Å²) in [7, 11) is 0. The molecule has 1 aliphatic heterocycles. The molecule has 8 heteroatoms. The van der Waals surface area contributed by atoms with Gasteiger partial charge in [-0.3, -0.25) is 9.59 Å². The Kier molecular flexibility index (Phi) is 3.24. The van der Waals surface area contributed by atoms with Crippen molar-refractivity contribution in [1.29, 1.82) is 0 Å². The van der Waals surface area contributed by atoms with Gasteiger partial charge >= 0.3 is 5.97 Å². The highest BCUT2D eigenvalue weighted by atomic mass is 32.1. The maximum absolute atomic E-state index is 12.4. The molecule has 0 saturated carbocycles. The van der Waals surface area contributed by atoms with Crippen LogP contribution >= 0.6 is 11.3 Å². The second kappa shape index (κ2) is 5.43. The minimum absolute atomic E-state index is 0.0361. The predicted octanol–water partition coefficient (Wildman–Crippen LogP) is 2.77. The van der Waals surface area contributed by atoms with Gasteiger partial charge in [0.15, 0.2) is 5.76 Å². The summed E-state index contributed by atoms with van der Waals surface area (Å²) >= 11 is 1.36. The SMILES string of the molecule is O=C(ON1C(=O)c2ccccc2C1=O)c1cnoc1-c1cccs1. The first kappa shape index (κ1) is 14.3. The molecule has 2 aromatic heterocycles. The van der Waals surface area contributed by atoms with Crippen LogP contribution in [0.15, 0.2) is 52.5 Å². The van der Waals surface area contributed by atoms with Crippen LogP contribution in [-0.2, 0) is 4.84 Å². The molecule has 1 aromatic carbocycles. The molecule has 3 heterocycles. The van der Waals surface area contributed by atoms with E-state index in [0.717, 1.165) is 0 Å². The Balaban J connectivity index is 1.62. The van der Waals surface area contributed by atoms with Gasteiger partial charge in [0.1, 0.15) is 5.56 Å². The third-order valence-electron chi connectivity index (χ3n) is 3.47. The molecule has 0 unspecified atom stereocenters. The van der Waals surface area contributed by atoms with Crippen molar-refractivity contribution in [2.75, 3.05) is 0 Å². The molecular formula is C16H8N2O5S. The van der Waals surface area contributed by atoms with Gasteiger partial charge < -0.3 is 9.36 Å². The van der Waals surface area contributed by atoms with Crippen molar-refractivity contribution in [2.45, 2.75) is 0 Å². The molecule has 0 fully saturated rings. The zero-order chi connectivity index (χ0) is 16.7. The Morgan fingerprint density at radius 2 is 1.79 bits per heavy atom. The molecule has 0 N–H and O–H groups in total. The minimum atomic E-state index is -0.894. The van der Waals surface area contributed by atoms with Crippen LogP contribution in [0.2, 0.25) is 0 Å². The number of imide groups is 1. The Morgan fingerprint density at radius 1 is 1.08 bits per heavy atom. The summed E-state index contributed by atoms with van der Waals surface area (Å²) in [6.45, 7) is 0. The lowest BCUT2D eigenvalue weighted by Crippen LogP contribution is -2.32. The molecule has 0 saturated heterocycles. The Labute approximate surface area is 139 Å². The van der Waals surface area contributed by atoms with Gasteiger partial charge in [-0.1, -0.05) is 28.4 Å². The van der Waals surface area contributed by atoms with Crippen molar-refractivity contribution in [3.63, 3.8) is 0 Å². The number of amides is 2. The normalized spacial score (nSPS) is 13.2. The number of hydroxylamine groups is 2. The van der Waals surface area contributed by atoms with E-state index >= 15 is 0 Å². The summed E-state index contributed by atoms with van der Waals surface area (Å²) < 4.78 is 5.08. The fourth-order valence-electron chi connectivity index (χ4n) is 2.35. The Hall–Kier alpha value is -3.26. The summed E-state index contributed by atoms with van der Waals surface area (Å²) in [4.78, 5) is 42.5. The molecule has 0 atom stereocenters. The van der Waals surface area contributed by atoms with E-state index < -0.39 is 17.8 Å². The zero-order valence-electron chi connectivity index (χ0n) is 12.0. The van der Waals surface area contributed by atoms with Crippen molar-refractivity contribution >= 4 is 29.1 Å². The van der Waals surface area contributed by atoms with Crippen LogP contribution in [0.1, 0.15) is 31.1 Å². The third-order valence-corrected chi connectivity index (χ3v) is 4.33. The van der Waals surface area contributed by atoms with E-state index in [-0.39, 0.29) is 22.5 Å². The van der Waals surface area contributed by atoms with E-state index in [2.05, 4.69) is 5.16 Å². The number of aromatic nitrogens is 1. The third kappa shape index (κ3) is 2.12. The molecule has 3 aromatic rings. The molecule has 4 rings (SSSR count). The number of nitrogens with zero attached hydrogens (tertiary/aromatic N) is 2. The molecule has 0 bridgehead atoms. The van der Waals surface area contributed by atoms with Gasteiger partial charge in [-0.15, -0.1) is 11.3 Å². The fourth-order valence-corrected chi connectivity index (χ4v) is 3.07. The topological polar surface area (TPSA) is 89.7 Å². The maximum Gasteiger partial charge on any atom is 0.369 e. The van der Waals surface area contributed by atoms with Gasteiger partial charge in [-0.2, -0.15) is 0 Å². The van der Waals surface area contributed by atoms with Gasteiger partial charge in [0.05, 0.1) is 22.2 Å². The zero-order valence-corrected chi connectivity index (χ0v) is 12.8. The minimum Gasteiger partial charge on any atom is -0.354 e. The highest BCUT2D eigenvalue weighted by molar-refractivity contribution is 7.13. The largest absolute Gasteiger partial charge is 0.369 e. The second-order valence-electron chi connectivity index (χ2n) is 4.87. The molecular weight excluding hydrogens is 332 g/mol. The van der Waals surface area contributed by atoms with E-state index in [9.17, 15) is 14.4 Å². The monoisotopic (exact) mass is 340 g/mol. The first-order chi connectivity index (χ1) is 11.7. The van der Waals surface area contributed by atoms with Crippen LogP contribution in [0.3, 0.4) is 0 Å². The van der Waals surface area contributed by atoms with Gasteiger partial charge in [-0.25, -0.2) is 4.79 Å². The number of fused-ring (bicyclic) bond motifs is 1. The number of benzene rings is 1. The number of hydrogen-bond donors (Lipinski definition) is 0. The Bertz CT molecular complexity index is 926. The standard InChI is InChI=1S/C16H8N2O5S/c19-14-9-4-1-2-5-10(9)15(20)18(14)23-16(21)11-8-17-22-13(11)12-6-3-7-24-12/h1-8H.